The van der Waals surface area contributed by atoms with Crippen molar-refractivity contribution in [2.45, 2.75) is 39.2 Å². The van der Waals surface area contributed by atoms with E-state index in [0.29, 0.717) is 29.0 Å². The number of carbonyl (C=O) groups excluding carboxylic acids is 3. The number of allylic oxidation sites excluding steroid dienone is 4. The first kappa shape index (κ1) is 16.3. The van der Waals surface area contributed by atoms with Crippen molar-refractivity contribution in [1.29, 1.82) is 0 Å². The number of piperidine rings is 2. The number of nitrogens with one attached hydrogen (secondary N) is 1. The van der Waals surface area contributed by atoms with Gasteiger partial charge in [0.25, 0.3) is 5.91 Å². The Morgan fingerprint density at radius 2 is 2.00 bits per heavy atom. The van der Waals surface area contributed by atoms with Crippen LogP contribution in [0.5, 0.6) is 0 Å². The summed E-state index contributed by atoms with van der Waals surface area (Å²) in [5, 5.41) is 2.55. The lowest BCUT2D eigenvalue weighted by molar-refractivity contribution is -0.151. The first-order valence-corrected chi connectivity index (χ1v) is 7.59. The van der Waals surface area contributed by atoms with E-state index in [2.05, 4.69) is 5.32 Å². The molecule has 2 fully saturated rings. The van der Waals surface area contributed by atoms with Crippen LogP contribution in [0.15, 0.2) is 35.5 Å². The Hall–Kier alpha value is -2.08. The highest BCUT2D eigenvalue weighted by molar-refractivity contribution is 7.80. The summed E-state index contributed by atoms with van der Waals surface area (Å²) in [5.74, 6) is -1.14. The van der Waals surface area contributed by atoms with Gasteiger partial charge in [0.1, 0.15) is 6.04 Å². The monoisotopic (exact) mass is 318 g/mol. The van der Waals surface area contributed by atoms with Crippen LogP contribution >= 0.6 is 12.2 Å². The van der Waals surface area contributed by atoms with Crippen molar-refractivity contribution in [3.05, 3.63) is 35.5 Å². The molecule has 0 aliphatic carbocycles. The van der Waals surface area contributed by atoms with E-state index in [0.717, 1.165) is 4.90 Å². The van der Waals surface area contributed by atoms with E-state index in [-0.39, 0.29) is 18.2 Å². The maximum Gasteiger partial charge on any atom is 0.261 e. The van der Waals surface area contributed by atoms with Crippen molar-refractivity contribution in [2.75, 3.05) is 0 Å². The predicted octanol–water partition coefficient (Wildman–Crippen LogP) is 1.80. The maximum atomic E-state index is 12.6. The van der Waals surface area contributed by atoms with Gasteiger partial charge in [0.05, 0.1) is 11.4 Å². The molecule has 0 aromatic carbocycles. The Labute approximate surface area is 134 Å². The lowest BCUT2D eigenvalue weighted by Gasteiger charge is -2.36. The molecule has 1 atom stereocenters. The van der Waals surface area contributed by atoms with Crippen LogP contribution in [-0.4, -0.2) is 33.7 Å². The molecule has 2 aliphatic heterocycles. The first-order valence-electron chi connectivity index (χ1n) is 7.18. The molecule has 0 spiro atoms. The minimum atomic E-state index is -0.773. The molecule has 0 aromatic rings. The lowest BCUT2D eigenvalue weighted by Crippen LogP contribution is -2.57. The van der Waals surface area contributed by atoms with Crippen LogP contribution < -0.4 is 5.32 Å². The van der Waals surface area contributed by atoms with E-state index in [1.165, 1.54) is 0 Å². The number of carbonyl (C=O) groups is 3. The van der Waals surface area contributed by atoms with Crippen LogP contribution in [0, 0.1) is 0 Å². The minimum absolute atomic E-state index is 0.115. The molecule has 0 aromatic heterocycles. The van der Waals surface area contributed by atoms with Crippen molar-refractivity contribution in [1.82, 2.24) is 10.2 Å². The second-order valence-electron chi connectivity index (χ2n) is 5.13. The molecule has 1 unspecified atom stereocenters. The number of amides is 3. The Morgan fingerprint density at radius 3 is 2.59 bits per heavy atom. The molecule has 0 bridgehead atoms. The lowest BCUT2D eigenvalue weighted by atomic mass is 9.92. The van der Waals surface area contributed by atoms with Gasteiger partial charge in [-0.15, -0.1) is 0 Å². The molecule has 5 nitrogen and oxygen atoms in total. The SMILES string of the molecule is C/C=C/C=C1/CC(=O)N(C2CCC(=S)NC2=O)C(=O)/C1=C/C. The molecule has 0 radical (unpaired) electrons. The third-order valence-corrected chi connectivity index (χ3v) is 4.01. The number of nitrogens with zero attached hydrogens (tertiary/aromatic N) is 1. The van der Waals surface area contributed by atoms with Gasteiger partial charge in [0.2, 0.25) is 11.8 Å². The van der Waals surface area contributed by atoms with E-state index in [1.807, 2.05) is 13.0 Å². The fraction of sp³-hybridized carbons (Fsp3) is 0.375. The molecular formula is C16H18N2O3S. The number of rotatable bonds is 2. The summed E-state index contributed by atoms with van der Waals surface area (Å²) in [7, 11) is 0. The van der Waals surface area contributed by atoms with Crippen LogP contribution in [0.3, 0.4) is 0 Å². The average Bonchev–Trinajstić information content (AvgIpc) is 2.47. The summed E-state index contributed by atoms with van der Waals surface area (Å²) in [6, 6.07) is -0.773. The van der Waals surface area contributed by atoms with Gasteiger partial charge in [-0.1, -0.05) is 36.5 Å². The highest BCUT2D eigenvalue weighted by atomic mass is 32.1. The first-order chi connectivity index (χ1) is 10.5. The van der Waals surface area contributed by atoms with Gasteiger partial charge in [0, 0.05) is 12.0 Å². The van der Waals surface area contributed by atoms with Crippen molar-refractivity contribution in [3.8, 4) is 0 Å². The van der Waals surface area contributed by atoms with E-state index < -0.39 is 11.9 Å². The topological polar surface area (TPSA) is 66.5 Å². The van der Waals surface area contributed by atoms with Crippen molar-refractivity contribution in [3.63, 3.8) is 0 Å². The number of thiocarbonyl (C=S) groups is 1. The highest BCUT2D eigenvalue weighted by Crippen LogP contribution is 2.28. The van der Waals surface area contributed by atoms with Crippen LogP contribution in [0.2, 0.25) is 0 Å². The zero-order valence-electron chi connectivity index (χ0n) is 12.6. The average molecular weight is 318 g/mol. The van der Waals surface area contributed by atoms with Crippen LogP contribution in [0.25, 0.3) is 0 Å². The van der Waals surface area contributed by atoms with Crippen molar-refractivity contribution < 1.29 is 14.4 Å². The fourth-order valence-corrected chi connectivity index (χ4v) is 2.86. The molecule has 6 heteroatoms. The van der Waals surface area contributed by atoms with Crippen LogP contribution in [-0.2, 0) is 14.4 Å². The summed E-state index contributed by atoms with van der Waals surface area (Å²) in [6.45, 7) is 3.61. The van der Waals surface area contributed by atoms with Crippen LogP contribution in [0.4, 0.5) is 0 Å². The zero-order chi connectivity index (χ0) is 16.3. The molecule has 2 rings (SSSR count). The number of imide groups is 1. The van der Waals surface area contributed by atoms with Gasteiger partial charge in [0.15, 0.2) is 0 Å². The molecule has 3 amide bonds. The fourth-order valence-electron chi connectivity index (χ4n) is 2.64. The largest absolute Gasteiger partial charge is 0.319 e. The van der Waals surface area contributed by atoms with Gasteiger partial charge in [-0.05, 0) is 25.8 Å². The van der Waals surface area contributed by atoms with Crippen molar-refractivity contribution >= 4 is 34.9 Å². The third kappa shape index (κ3) is 3.06. The van der Waals surface area contributed by atoms with E-state index in [9.17, 15) is 14.4 Å². The van der Waals surface area contributed by atoms with Gasteiger partial charge >= 0.3 is 0 Å². The Balaban J connectivity index is 2.32. The predicted molar refractivity (Wildman–Crippen MR) is 86.9 cm³/mol. The molecule has 116 valence electrons. The van der Waals surface area contributed by atoms with E-state index in [1.54, 1.807) is 25.2 Å². The van der Waals surface area contributed by atoms with Gasteiger partial charge in [-0.3, -0.25) is 19.3 Å². The quantitative estimate of drug-likeness (QED) is 0.479. The summed E-state index contributed by atoms with van der Waals surface area (Å²) in [5.41, 5.74) is 1.15. The van der Waals surface area contributed by atoms with Gasteiger partial charge in [-0.25, -0.2) is 0 Å². The smallest absolute Gasteiger partial charge is 0.261 e. The number of likely N-dealkylation sites (tertiary alicyclic amines) is 1. The second-order valence-corrected chi connectivity index (χ2v) is 5.63. The summed E-state index contributed by atoms with van der Waals surface area (Å²) in [6.07, 6.45) is 8.06. The second kappa shape index (κ2) is 6.79. The maximum absolute atomic E-state index is 12.6. The van der Waals surface area contributed by atoms with E-state index in [4.69, 9.17) is 12.2 Å². The molecule has 2 aliphatic rings. The Morgan fingerprint density at radius 1 is 1.27 bits per heavy atom. The molecule has 1 N–H and O–H groups in total. The summed E-state index contributed by atoms with van der Waals surface area (Å²) in [4.78, 5) is 38.6. The molecular weight excluding hydrogens is 300 g/mol. The Bertz CT molecular complexity index is 631. The van der Waals surface area contributed by atoms with Gasteiger partial charge < -0.3 is 5.32 Å². The summed E-state index contributed by atoms with van der Waals surface area (Å²) < 4.78 is 0. The highest BCUT2D eigenvalue weighted by Gasteiger charge is 2.41. The third-order valence-electron chi connectivity index (χ3n) is 3.71. The molecule has 2 saturated heterocycles. The summed E-state index contributed by atoms with van der Waals surface area (Å²) >= 11 is 4.96. The van der Waals surface area contributed by atoms with E-state index >= 15 is 0 Å². The number of hydrogen-bond donors (Lipinski definition) is 1. The van der Waals surface area contributed by atoms with Gasteiger partial charge in [-0.2, -0.15) is 0 Å². The molecule has 2 heterocycles. The molecule has 0 saturated carbocycles. The Kier molecular flexibility index (Phi) is 5.03. The number of hydrogen-bond acceptors (Lipinski definition) is 4. The van der Waals surface area contributed by atoms with Crippen LogP contribution in [0.1, 0.15) is 33.1 Å². The molecule has 22 heavy (non-hydrogen) atoms. The zero-order valence-corrected chi connectivity index (χ0v) is 13.4. The van der Waals surface area contributed by atoms with Crippen molar-refractivity contribution in [2.24, 2.45) is 0 Å². The normalized spacial score (nSPS) is 27.2. The minimum Gasteiger partial charge on any atom is -0.319 e. The standard InChI is InChI=1S/C16H18N2O3S/c1-3-5-6-10-9-14(19)18(16(21)11(10)4-2)12-7-8-13(22)17-15(12)20/h3-6,12H,7-9H2,1-2H3,(H,17,20,22)/b5-3+,10-6-,11-4+.